The summed E-state index contributed by atoms with van der Waals surface area (Å²) in [6, 6.07) is 4.48. The van der Waals surface area contributed by atoms with Crippen LogP contribution >= 0.6 is 15.9 Å². The third-order valence-corrected chi connectivity index (χ3v) is 6.92. The third kappa shape index (κ3) is 3.75. The lowest BCUT2D eigenvalue weighted by molar-refractivity contribution is -0.925. The van der Waals surface area contributed by atoms with Crippen LogP contribution in [0.15, 0.2) is 22.7 Å². The predicted octanol–water partition coefficient (Wildman–Crippen LogP) is 0.116. The molecule has 3 rings (SSSR count). The van der Waals surface area contributed by atoms with Gasteiger partial charge in [0.15, 0.2) is 9.84 Å². The smallest absolute Gasteiger partial charge is 0.257 e. The van der Waals surface area contributed by atoms with E-state index in [2.05, 4.69) is 15.9 Å². The molecule has 1 N–H and O–H groups in total. The molecule has 2 aliphatic rings. The van der Waals surface area contributed by atoms with E-state index in [9.17, 15) is 17.6 Å². The number of nitrogens with zero attached hydrogens (tertiary/aromatic N) is 1. The Morgan fingerprint density at radius 2 is 2.00 bits per heavy atom. The van der Waals surface area contributed by atoms with Crippen molar-refractivity contribution in [3.8, 4) is 0 Å². The minimum absolute atomic E-state index is 0.0752. The first-order chi connectivity index (χ1) is 10.9. The molecule has 0 aliphatic carbocycles. The van der Waals surface area contributed by atoms with Gasteiger partial charge in [-0.3, -0.25) is 4.79 Å². The Balaban J connectivity index is 1.63. The molecule has 0 saturated carbocycles. The predicted molar refractivity (Wildman–Crippen MR) is 87.8 cm³/mol. The van der Waals surface area contributed by atoms with Crippen molar-refractivity contribution in [2.75, 3.05) is 37.7 Å². The molecule has 0 bridgehead atoms. The van der Waals surface area contributed by atoms with Gasteiger partial charge in [-0.15, -0.1) is 0 Å². The van der Waals surface area contributed by atoms with Crippen LogP contribution in [0.2, 0.25) is 0 Å². The third-order valence-electron chi connectivity index (χ3n) is 4.66. The molecule has 0 spiro atoms. The quantitative estimate of drug-likeness (QED) is 0.759. The van der Waals surface area contributed by atoms with Gasteiger partial charge < -0.3 is 9.80 Å². The van der Waals surface area contributed by atoms with Gasteiger partial charge in [0.2, 0.25) is 0 Å². The zero-order chi connectivity index (χ0) is 16.6. The highest BCUT2D eigenvalue weighted by Crippen LogP contribution is 2.17. The number of carbonyl (C=O) groups is 1. The van der Waals surface area contributed by atoms with Crippen molar-refractivity contribution in [3.05, 3.63) is 34.1 Å². The summed E-state index contributed by atoms with van der Waals surface area (Å²) in [6.07, 6.45) is 0.700. The van der Waals surface area contributed by atoms with E-state index in [0.29, 0.717) is 37.1 Å². The second-order valence-corrected chi connectivity index (χ2v) is 9.32. The maximum absolute atomic E-state index is 13.8. The van der Waals surface area contributed by atoms with E-state index in [1.165, 1.54) is 17.0 Å². The van der Waals surface area contributed by atoms with Crippen LogP contribution in [0.3, 0.4) is 0 Å². The second kappa shape index (κ2) is 6.49. The fourth-order valence-electron chi connectivity index (χ4n) is 3.35. The average Bonchev–Trinajstić information content (AvgIpc) is 2.89. The molecule has 0 aromatic heterocycles. The Morgan fingerprint density at radius 3 is 2.61 bits per heavy atom. The fourth-order valence-corrected chi connectivity index (χ4v) is 5.54. The molecule has 23 heavy (non-hydrogen) atoms. The van der Waals surface area contributed by atoms with Crippen molar-refractivity contribution < 1.29 is 22.5 Å². The first-order valence-electron chi connectivity index (χ1n) is 7.65. The highest BCUT2D eigenvalue weighted by Gasteiger charge is 2.37. The Labute approximate surface area is 143 Å². The van der Waals surface area contributed by atoms with Gasteiger partial charge in [0, 0.05) is 10.9 Å². The van der Waals surface area contributed by atoms with Crippen LogP contribution in [0.1, 0.15) is 16.8 Å². The summed E-state index contributed by atoms with van der Waals surface area (Å²) < 4.78 is 37.7. The molecule has 0 unspecified atom stereocenters. The Kier molecular flexibility index (Phi) is 4.75. The lowest BCUT2D eigenvalue weighted by Gasteiger charge is -2.35. The molecule has 1 aromatic rings. The largest absolute Gasteiger partial charge is 0.329 e. The molecule has 2 saturated heterocycles. The summed E-state index contributed by atoms with van der Waals surface area (Å²) >= 11 is 3.26. The standard InChI is InChI=1S/C15H18BrFN2O3S/c16-11-1-2-14(17)13(9-11)15(20)19-6-4-18(5-7-19)12-3-8-23(21,22)10-12/h1-2,9,12H,3-8,10H2/p+1/t12-/m1/s1. The SMILES string of the molecule is O=C(c1cc(Br)ccc1F)N1CC[NH+]([C@@H]2CCS(=O)(=O)C2)CC1. The Morgan fingerprint density at radius 1 is 1.30 bits per heavy atom. The van der Waals surface area contributed by atoms with Gasteiger partial charge in [0.1, 0.15) is 17.6 Å². The molecule has 8 heteroatoms. The van der Waals surface area contributed by atoms with Crippen LogP contribution in [0.5, 0.6) is 0 Å². The van der Waals surface area contributed by atoms with Crippen molar-refractivity contribution in [2.45, 2.75) is 12.5 Å². The van der Waals surface area contributed by atoms with E-state index in [4.69, 9.17) is 0 Å². The number of hydrogen-bond acceptors (Lipinski definition) is 3. The normalized spacial score (nSPS) is 24.8. The minimum Gasteiger partial charge on any atom is -0.329 e. The fraction of sp³-hybridized carbons (Fsp3) is 0.533. The van der Waals surface area contributed by atoms with E-state index >= 15 is 0 Å². The average molecular weight is 406 g/mol. The molecular formula is C15H19BrFN2O3S+. The molecule has 5 nitrogen and oxygen atoms in total. The highest BCUT2D eigenvalue weighted by atomic mass is 79.9. The lowest BCUT2D eigenvalue weighted by Crippen LogP contribution is -3.18. The van der Waals surface area contributed by atoms with Gasteiger partial charge in [-0.25, -0.2) is 12.8 Å². The molecule has 2 heterocycles. The molecule has 0 radical (unpaired) electrons. The van der Waals surface area contributed by atoms with Crippen LogP contribution < -0.4 is 4.90 Å². The van der Waals surface area contributed by atoms with E-state index in [0.717, 1.165) is 0 Å². The van der Waals surface area contributed by atoms with Gasteiger partial charge in [0.25, 0.3) is 5.91 Å². The number of hydrogen-bond donors (Lipinski definition) is 1. The van der Waals surface area contributed by atoms with Gasteiger partial charge >= 0.3 is 0 Å². The Hall–Kier alpha value is -0.990. The molecule has 1 amide bonds. The van der Waals surface area contributed by atoms with Crippen LogP contribution in [0.25, 0.3) is 0 Å². The van der Waals surface area contributed by atoms with Crippen molar-refractivity contribution in [3.63, 3.8) is 0 Å². The maximum Gasteiger partial charge on any atom is 0.257 e. The van der Waals surface area contributed by atoms with Gasteiger partial charge in [0.05, 0.1) is 37.5 Å². The minimum atomic E-state index is -2.88. The van der Waals surface area contributed by atoms with E-state index in [1.54, 1.807) is 11.0 Å². The number of rotatable bonds is 2. The first-order valence-corrected chi connectivity index (χ1v) is 10.3. The van der Waals surface area contributed by atoms with Crippen LogP contribution in [0, 0.1) is 5.82 Å². The number of halogens is 2. The highest BCUT2D eigenvalue weighted by molar-refractivity contribution is 9.10. The first kappa shape index (κ1) is 16.9. The number of sulfone groups is 1. The summed E-state index contributed by atoms with van der Waals surface area (Å²) in [5.74, 6) is -0.305. The van der Waals surface area contributed by atoms with Gasteiger partial charge in [-0.1, -0.05) is 15.9 Å². The second-order valence-electron chi connectivity index (χ2n) is 6.17. The molecule has 126 valence electrons. The summed E-state index contributed by atoms with van der Waals surface area (Å²) in [4.78, 5) is 15.4. The number of nitrogens with one attached hydrogen (secondary N) is 1. The maximum atomic E-state index is 13.8. The number of carbonyl (C=O) groups excluding carboxylic acids is 1. The molecule has 2 aliphatic heterocycles. The van der Waals surface area contributed by atoms with Crippen molar-refractivity contribution in [1.29, 1.82) is 0 Å². The van der Waals surface area contributed by atoms with Crippen LogP contribution in [0.4, 0.5) is 4.39 Å². The number of amides is 1. The van der Waals surface area contributed by atoms with Crippen molar-refractivity contribution >= 4 is 31.7 Å². The topological polar surface area (TPSA) is 58.9 Å². The molecule has 1 aromatic carbocycles. The van der Waals surface area contributed by atoms with Crippen LogP contribution in [-0.2, 0) is 9.84 Å². The van der Waals surface area contributed by atoms with Crippen LogP contribution in [-0.4, -0.2) is 63.0 Å². The zero-order valence-corrected chi connectivity index (χ0v) is 15.0. The van der Waals surface area contributed by atoms with Gasteiger partial charge in [-0.05, 0) is 18.2 Å². The lowest BCUT2D eigenvalue weighted by atomic mass is 10.1. The van der Waals surface area contributed by atoms with Crippen molar-refractivity contribution in [2.24, 2.45) is 0 Å². The van der Waals surface area contributed by atoms with E-state index in [1.807, 2.05) is 0 Å². The van der Waals surface area contributed by atoms with E-state index in [-0.39, 0.29) is 29.0 Å². The number of benzene rings is 1. The molecule has 1 atom stereocenters. The number of piperazine rings is 1. The Bertz CT molecular complexity index is 717. The van der Waals surface area contributed by atoms with Crippen molar-refractivity contribution in [1.82, 2.24) is 4.90 Å². The summed E-state index contributed by atoms with van der Waals surface area (Å²) in [5, 5.41) is 0. The summed E-state index contributed by atoms with van der Waals surface area (Å²) in [6.45, 7) is 2.47. The molecular weight excluding hydrogens is 387 g/mol. The summed E-state index contributed by atoms with van der Waals surface area (Å²) in [5.41, 5.74) is 0.0752. The van der Waals surface area contributed by atoms with E-state index < -0.39 is 15.7 Å². The van der Waals surface area contributed by atoms with Gasteiger partial charge in [-0.2, -0.15) is 0 Å². The summed E-state index contributed by atoms with van der Waals surface area (Å²) in [7, 11) is -2.88. The zero-order valence-electron chi connectivity index (χ0n) is 12.6. The molecule has 2 fully saturated rings. The monoisotopic (exact) mass is 405 g/mol. The number of quaternary nitrogens is 1.